The smallest absolute Gasteiger partial charge is 0.416 e. The first-order valence-corrected chi connectivity index (χ1v) is 8.92. The second-order valence-electron chi connectivity index (χ2n) is 7.24. The fourth-order valence-corrected chi connectivity index (χ4v) is 4.00. The number of nitrogens with one attached hydrogen (secondary N) is 1. The number of carbonyl (C=O) groups is 1. The van der Waals surface area contributed by atoms with E-state index in [9.17, 15) is 18.0 Å². The maximum absolute atomic E-state index is 13.0. The molecule has 0 bridgehead atoms. The van der Waals surface area contributed by atoms with Crippen molar-refractivity contribution in [3.63, 3.8) is 0 Å². The number of carboxylic acids is 1. The van der Waals surface area contributed by atoms with Crippen molar-refractivity contribution in [1.82, 2.24) is 5.32 Å². The summed E-state index contributed by atoms with van der Waals surface area (Å²) in [5.74, 6) is -1.02. The van der Waals surface area contributed by atoms with Crippen molar-refractivity contribution in [2.45, 2.75) is 56.2 Å². The summed E-state index contributed by atoms with van der Waals surface area (Å²) in [6.07, 6.45) is 0.0937. The number of rotatable bonds is 5. The zero-order valence-electron chi connectivity index (χ0n) is 13.7. The van der Waals surface area contributed by atoms with Crippen molar-refractivity contribution in [3.8, 4) is 0 Å². The molecule has 0 spiro atoms. The molecule has 0 heterocycles. The minimum Gasteiger partial charge on any atom is -0.481 e. The highest BCUT2D eigenvalue weighted by molar-refractivity contribution is 6.31. The van der Waals surface area contributed by atoms with Crippen LogP contribution in [0.4, 0.5) is 13.2 Å². The zero-order chi connectivity index (χ0) is 18.2. The van der Waals surface area contributed by atoms with Crippen LogP contribution in [0, 0.1) is 5.92 Å². The standard InChI is InChI=1S/C18H21ClF3NO2/c19-15-6-3-12(18(20,21)22)9-14(15)17(7-8-17)10-23-13-4-1-11(2-5-13)16(24)25/h3,6,9,11,13,23H,1-2,4-5,7-8,10H2,(H,24,25). The number of benzene rings is 1. The summed E-state index contributed by atoms with van der Waals surface area (Å²) in [5.41, 5.74) is -0.432. The van der Waals surface area contributed by atoms with Gasteiger partial charge in [0, 0.05) is 23.0 Å². The summed E-state index contributed by atoms with van der Waals surface area (Å²) in [7, 11) is 0. The molecule has 2 aliphatic rings. The van der Waals surface area contributed by atoms with Gasteiger partial charge in [-0.2, -0.15) is 13.2 Å². The molecular formula is C18H21ClF3NO2. The minimum absolute atomic E-state index is 0.220. The monoisotopic (exact) mass is 375 g/mol. The molecule has 7 heteroatoms. The maximum Gasteiger partial charge on any atom is 0.416 e. The lowest BCUT2D eigenvalue weighted by Crippen LogP contribution is -2.39. The van der Waals surface area contributed by atoms with E-state index in [1.54, 1.807) is 0 Å². The Morgan fingerprint density at radius 1 is 1.24 bits per heavy atom. The van der Waals surface area contributed by atoms with Crippen LogP contribution in [-0.2, 0) is 16.4 Å². The lowest BCUT2D eigenvalue weighted by atomic mass is 9.85. The lowest BCUT2D eigenvalue weighted by molar-refractivity contribution is -0.143. The highest BCUT2D eigenvalue weighted by Crippen LogP contribution is 2.51. The van der Waals surface area contributed by atoms with E-state index in [0.29, 0.717) is 30.0 Å². The van der Waals surface area contributed by atoms with E-state index in [4.69, 9.17) is 16.7 Å². The van der Waals surface area contributed by atoms with Crippen molar-refractivity contribution in [2.75, 3.05) is 6.54 Å². The van der Waals surface area contributed by atoms with Crippen LogP contribution >= 0.6 is 11.6 Å². The molecule has 0 saturated heterocycles. The Morgan fingerprint density at radius 3 is 2.40 bits per heavy atom. The molecule has 1 aromatic carbocycles. The third kappa shape index (κ3) is 4.11. The second-order valence-corrected chi connectivity index (χ2v) is 7.65. The fourth-order valence-electron chi connectivity index (χ4n) is 3.68. The fraction of sp³-hybridized carbons (Fsp3) is 0.611. The second kappa shape index (κ2) is 6.80. The molecule has 0 radical (unpaired) electrons. The number of carboxylic acid groups (broad SMARTS) is 1. The van der Waals surface area contributed by atoms with Crippen LogP contribution in [0.5, 0.6) is 0 Å². The summed E-state index contributed by atoms with van der Waals surface area (Å²) in [5, 5.41) is 12.8. The van der Waals surface area contributed by atoms with Crippen LogP contribution in [-0.4, -0.2) is 23.7 Å². The lowest BCUT2D eigenvalue weighted by Gasteiger charge is -2.29. The van der Waals surface area contributed by atoms with E-state index in [-0.39, 0.29) is 17.4 Å². The van der Waals surface area contributed by atoms with Crippen LogP contribution < -0.4 is 5.32 Å². The molecule has 0 amide bonds. The van der Waals surface area contributed by atoms with Crippen molar-refractivity contribution < 1.29 is 23.1 Å². The van der Waals surface area contributed by atoms with E-state index in [1.807, 2.05) is 0 Å². The van der Waals surface area contributed by atoms with Crippen molar-refractivity contribution in [2.24, 2.45) is 5.92 Å². The zero-order valence-corrected chi connectivity index (χ0v) is 14.5. The first-order chi connectivity index (χ1) is 11.7. The Labute approximate surface area is 149 Å². The van der Waals surface area contributed by atoms with Gasteiger partial charge in [0.1, 0.15) is 0 Å². The van der Waals surface area contributed by atoms with Crippen LogP contribution in [0.3, 0.4) is 0 Å². The highest BCUT2D eigenvalue weighted by Gasteiger charge is 2.46. The van der Waals surface area contributed by atoms with Gasteiger partial charge in [0.05, 0.1) is 11.5 Å². The summed E-state index contributed by atoms with van der Waals surface area (Å²) in [6, 6.07) is 3.75. The highest BCUT2D eigenvalue weighted by atomic mass is 35.5. The van der Waals surface area contributed by atoms with E-state index in [0.717, 1.165) is 31.7 Å². The molecule has 3 nitrogen and oxygen atoms in total. The average molecular weight is 376 g/mol. The molecule has 3 rings (SSSR count). The normalized spacial score (nSPS) is 25.6. The van der Waals surface area contributed by atoms with Crippen LogP contribution in [0.15, 0.2) is 18.2 Å². The average Bonchev–Trinajstić information content (AvgIpc) is 3.33. The third-order valence-corrected chi connectivity index (χ3v) is 5.85. The van der Waals surface area contributed by atoms with Crippen LogP contribution in [0.2, 0.25) is 5.02 Å². The SMILES string of the molecule is O=C(O)C1CCC(NCC2(c3cc(C(F)(F)F)ccc3Cl)CC2)CC1. The molecule has 0 atom stereocenters. The van der Waals surface area contributed by atoms with Gasteiger partial charge in [-0.15, -0.1) is 0 Å². The predicted octanol–water partition coefficient (Wildman–Crippen LogP) is 4.62. The van der Waals surface area contributed by atoms with Crippen LogP contribution in [0.25, 0.3) is 0 Å². The van der Waals surface area contributed by atoms with Gasteiger partial charge >= 0.3 is 12.1 Å². The van der Waals surface area contributed by atoms with Gasteiger partial charge in [-0.05, 0) is 62.3 Å². The number of halogens is 4. The van der Waals surface area contributed by atoms with Crippen molar-refractivity contribution in [1.29, 1.82) is 0 Å². The minimum atomic E-state index is -4.38. The van der Waals surface area contributed by atoms with E-state index >= 15 is 0 Å². The number of hydrogen-bond acceptors (Lipinski definition) is 2. The Morgan fingerprint density at radius 2 is 1.88 bits per heavy atom. The molecule has 25 heavy (non-hydrogen) atoms. The van der Waals surface area contributed by atoms with Gasteiger partial charge in [0.2, 0.25) is 0 Å². The van der Waals surface area contributed by atoms with E-state index in [1.165, 1.54) is 12.1 Å². The maximum atomic E-state index is 13.0. The summed E-state index contributed by atoms with van der Waals surface area (Å²) < 4.78 is 38.9. The van der Waals surface area contributed by atoms with Gasteiger partial charge in [0.15, 0.2) is 0 Å². The van der Waals surface area contributed by atoms with E-state index < -0.39 is 17.7 Å². The Hall–Kier alpha value is -1.27. The van der Waals surface area contributed by atoms with Crippen molar-refractivity contribution in [3.05, 3.63) is 34.3 Å². The molecule has 0 aliphatic heterocycles. The molecule has 0 unspecified atom stereocenters. The predicted molar refractivity (Wildman–Crippen MR) is 88.8 cm³/mol. The molecule has 138 valence electrons. The first kappa shape index (κ1) is 18.5. The molecule has 2 aliphatic carbocycles. The van der Waals surface area contributed by atoms with Gasteiger partial charge in [0.25, 0.3) is 0 Å². The molecule has 2 saturated carbocycles. The quantitative estimate of drug-likeness (QED) is 0.789. The van der Waals surface area contributed by atoms with E-state index in [2.05, 4.69) is 5.32 Å². The number of hydrogen-bond donors (Lipinski definition) is 2. The summed E-state index contributed by atoms with van der Waals surface area (Å²) in [6.45, 7) is 0.580. The van der Waals surface area contributed by atoms with Gasteiger partial charge in [-0.3, -0.25) is 4.79 Å². The Bertz CT molecular complexity index is 650. The summed E-state index contributed by atoms with van der Waals surface area (Å²) >= 11 is 6.19. The first-order valence-electron chi connectivity index (χ1n) is 8.55. The Kier molecular flexibility index (Phi) is 5.04. The topological polar surface area (TPSA) is 49.3 Å². The number of aliphatic carboxylic acids is 1. The largest absolute Gasteiger partial charge is 0.481 e. The molecule has 0 aromatic heterocycles. The third-order valence-electron chi connectivity index (χ3n) is 5.52. The van der Waals surface area contributed by atoms with Crippen molar-refractivity contribution >= 4 is 17.6 Å². The molecule has 2 fully saturated rings. The number of alkyl halides is 3. The van der Waals surface area contributed by atoms with Gasteiger partial charge in [-0.25, -0.2) is 0 Å². The molecular weight excluding hydrogens is 355 g/mol. The summed E-state index contributed by atoms with van der Waals surface area (Å²) in [4.78, 5) is 11.0. The van der Waals surface area contributed by atoms with Crippen LogP contribution in [0.1, 0.15) is 49.7 Å². The van der Waals surface area contributed by atoms with Gasteiger partial charge in [-0.1, -0.05) is 11.6 Å². The molecule has 2 N–H and O–H groups in total. The Balaban J connectivity index is 1.65. The van der Waals surface area contributed by atoms with Gasteiger partial charge < -0.3 is 10.4 Å². The molecule has 1 aromatic rings.